The number of ether oxygens (including phenoxy) is 4. The molecule has 1 aliphatic heterocycles. The van der Waals surface area contributed by atoms with Gasteiger partial charge in [-0.25, -0.2) is 23.5 Å². The summed E-state index contributed by atoms with van der Waals surface area (Å²) in [7, 11) is 0. The molecule has 1 N–H and O–H groups in total. The van der Waals surface area contributed by atoms with Crippen molar-refractivity contribution < 1.29 is 32.9 Å². The molecule has 0 saturated heterocycles. The molecule has 0 unspecified atom stereocenters. The summed E-state index contributed by atoms with van der Waals surface area (Å²) in [4.78, 5) is 31.6. The Balaban J connectivity index is 1.24. The van der Waals surface area contributed by atoms with Crippen LogP contribution in [0.3, 0.4) is 0 Å². The summed E-state index contributed by atoms with van der Waals surface area (Å²) >= 11 is 0. The zero-order chi connectivity index (χ0) is 29.6. The molecular formula is C30H36FN5O6. The molecule has 3 aliphatic rings. The second-order valence-corrected chi connectivity index (χ2v) is 12.1. The quantitative estimate of drug-likeness (QED) is 0.393. The molecule has 3 aromatic rings. The Bertz CT molecular complexity index is 1500. The van der Waals surface area contributed by atoms with Gasteiger partial charge < -0.3 is 29.2 Å². The number of nitrogens with one attached hydrogen (secondary N) is 1. The summed E-state index contributed by atoms with van der Waals surface area (Å²) in [5, 5.41) is 7.17. The first-order valence-electron chi connectivity index (χ1n) is 14.5. The van der Waals surface area contributed by atoms with Crippen molar-refractivity contribution in [1.82, 2.24) is 19.9 Å². The summed E-state index contributed by atoms with van der Waals surface area (Å²) < 4.78 is 39.3. The van der Waals surface area contributed by atoms with Crippen LogP contribution in [0.5, 0.6) is 11.5 Å². The van der Waals surface area contributed by atoms with Crippen LogP contribution < -0.4 is 19.7 Å². The van der Waals surface area contributed by atoms with Crippen molar-refractivity contribution in [2.45, 2.75) is 96.2 Å². The number of rotatable bonds is 7. The van der Waals surface area contributed by atoms with Crippen molar-refractivity contribution in [3.8, 4) is 11.5 Å². The number of anilines is 1. The molecule has 6 rings (SSSR count). The van der Waals surface area contributed by atoms with Crippen LogP contribution in [0.25, 0.3) is 5.65 Å². The van der Waals surface area contributed by atoms with Crippen LogP contribution in [-0.4, -0.2) is 63.2 Å². The van der Waals surface area contributed by atoms with E-state index in [-0.39, 0.29) is 42.3 Å². The molecule has 2 aliphatic carbocycles. The zero-order valence-corrected chi connectivity index (χ0v) is 24.3. The predicted octanol–water partition coefficient (Wildman–Crippen LogP) is 4.80. The Kier molecular flexibility index (Phi) is 7.32. The van der Waals surface area contributed by atoms with Crippen molar-refractivity contribution in [2.24, 2.45) is 0 Å². The summed E-state index contributed by atoms with van der Waals surface area (Å²) in [6.45, 7) is 7.79. The van der Waals surface area contributed by atoms with E-state index in [1.54, 1.807) is 19.2 Å². The van der Waals surface area contributed by atoms with Gasteiger partial charge in [0.1, 0.15) is 34.9 Å². The van der Waals surface area contributed by atoms with E-state index in [0.29, 0.717) is 47.9 Å². The molecule has 2 saturated carbocycles. The van der Waals surface area contributed by atoms with Crippen LogP contribution in [0.1, 0.15) is 75.7 Å². The normalized spacial score (nSPS) is 22.9. The van der Waals surface area contributed by atoms with Crippen LogP contribution in [0, 0.1) is 5.82 Å². The molecule has 224 valence electrons. The van der Waals surface area contributed by atoms with E-state index in [9.17, 15) is 14.0 Å². The average molecular weight is 582 g/mol. The van der Waals surface area contributed by atoms with Crippen molar-refractivity contribution in [3.63, 3.8) is 0 Å². The topological polar surface area (TPSA) is 117 Å². The van der Waals surface area contributed by atoms with E-state index < -0.39 is 17.7 Å². The van der Waals surface area contributed by atoms with Gasteiger partial charge >= 0.3 is 12.1 Å². The van der Waals surface area contributed by atoms with E-state index in [1.165, 1.54) is 22.8 Å². The van der Waals surface area contributed by atoms with Crippen molar-refractivity contribution >= 4 is 23.5 Å². The van der Waals surface area contributed by atoms with Crippen molar-refractivity contribution in [3.05, 3.63) is 47.5 Å². The van der Waals surface area contributed by atoms with Gasteiger partial charge in [-0.2, -0.15) is 5.10 Å². The van der Waals surface area contributed by atoms with Gasteiger partial charge in [-0.05, 0) is 65.2 Å². The number of fused-ring (bicyclic) bond motifs is 3. The van der Waals surface area contributed by atoms with Gasteiger partial charge in [-0.3, -0.25) is 0 Å². The maximum absolute atomic E-state index is 14.6. The smallest absolute Gasteiger partial charge is 0.407 e. The Morgan fingerprint density at radius 3 is 2.79 bits per heavy atom. The summed E-state index contributed by atoms with van der Waals surface area (Å²) in [5.74, 6) is 0.839. The molecule has 2 aromatic heterocycles. The highest BCUT2D eigenvalue weighted by molar-refractivity contribution is 5.96. The van der Waals surface area contributed by atoms with Crippen LogP contribution >= 0.6 is 0 Å². The third kappa shape index (κ3) is 5.66. The fourth-order valence-electron chi connectivity index (χ4n) is 5.84. The van der Waals surface area contributed by atoms with Gasteiger partial charge in [0.05, 0.1) is 25.0 Å². The number of amides is 1. The maximum atomic E-state index is 14.6. The fourth-order valence-corrected chi connectivity index (χ4v) is 5.84. The first-order chi connectivity index (χ1) is 20.1. The highest BCUT2D eigenvalue weighted by Gasteiger charge is 2.41. The molecule has 0 radical (unpaired) electrons. The molecule has 1 aromatic carbocycles. The third-order valence-corrected chi connectivity index (χ3v) is 7.78. The Hall–Kier alpha value is -4.09. The summed E-state index contributed by atoms with van der Waals surface area (Å²) in [5.41, 5.74) is 0.744. The highest BCUT2D eigenvalue weighted by Crippen LogP contribution is 2.43. The number of halogens is 1. The van der Waals surface area contributed by atoms with Crippen LogP contribution in [-0.2, 0) is 16.0 Å². The highest BCUT2D eigenvalue weighted by atomic mass is 19.1. The van der Waals surface area contributed by atoms with E-state index in [4.69, 9.17) is 23.9 Å². The van der Waals surface area contributed by atoms with Gasteiger partial charge in [0, 0.05) is 31.0 Å². The van der Waals surface area contributed by atoms with Crippen molar-refractivity contribution in [1.29, 1.82) is 0 Å². The van der Waals surface area contributed by atoms with E-state index in [2.05, 4.69) is 15.3 Å². The minimum absolute atomic E-state index is 0.0312. The predicted molar refractivity (Wildman–Crippen MR) is 150 cm³/mol. The lowest BCUT2D eigenvalue weighted by molar-refractivity contribution is 0.0360. The number of benzene rings is 1. The second-order valence-electron chi connectivity index (χ2n) is 12.1. The zero-order valence-electron chi connectivity index (χ0n) is 24.3. The molecule has 11 nitrogen and oxygen atoms in total. The standard InChI is InChI=1S/C30H36FN5O6/c1-5-39-28(37)21-14-32-36-16-25-27(34-26(21)36)35(22-7-6-8-24(22)41-25)15-17-11-18(31)9-10-23(17)40-20-12-19(13-20)33-29(38)42-30(2,3)4/h9-11,14,16,19-20,22,24H,5-8,12-13,15H2,1-4H3,(H,33,38)/t19-,20+,22-,24+/m1/s1. The van der Waals surface area contributed by atoms with Gasteiger partial charge in [0.25, 0.3) is 0 Å². The number of nitrogens with zero attached hydrogens (tertiary/aromatic N) is 4. The molecule has 2 fully saturated rings. The first-order valence-corrected chi connectivity index (χ1v) is 14.5. The molecular weight excluding hydrogens is 545 g/mol. The van der Waals surface area contributed by atoms with Gasteiger partial charge in [-0.1, -0.05) is 0 Å². The SMILES string of the molecule is CCOC(=O)c1cnn2cc3c(nc12)N(Cc1cc(F)ccc1O[C@H]1C[C@@H](NC(=O)OC(C)(C)C)C1)[C@@H]1CCC[C@@H]1O3. The number of aromatic nitrogens is 3. The van der Waals surface area contributed by atoms with E-state index >= 15 is 0 Å². The number of carbonyl (C=O) groups is 2. The first kappa shape index (κ1) is 28.0. The second kappa shape index (κ2) is 11.0. The largest absolute Gasteiger partial charge is 0.490 e. The van der Waals surface area contributed by atoms with Gasteiger partial charge in [0.15, 0.2) is 17.2 Å². The van der Waals surface area contributed by atoms with E-state index in [1.807, 2.05) is 20.8 Å². The Morgan fingerprint density at radius 1 is 1.21 bits per heavy atom. The molecule has 0 bridgehead atoms. The molecule has 3 heterocycles. The minimum atomic E-state index is -0.567. The maximum Gasteiger partial charge on any atom is 0.407 e. The Morgan fingerprint density at radius 2 is 2.02 bits per heavy atom. The fraction of sp³-hybridized carbons (Fsp3) is 0.533. The summed E-state index contributed by atoms with van der Waals surface area (Å²) in [6.07, 6.45) is 6.60. The number of carbonyl (C=O) groups excluding carboxylic acids is 2. The molecule has 12 heteroatoms. The van der Waals surface area contributed by atoms with Crippen molar-refractivity contribution in [2.75, 3.05) is 11.5 Å². The van der Waals surface area contributed by atoms with E-state index in [0.717, 1.165) is 19.3 Å². The lowest BCUT2D eigenvalue weighted by Crippen LogP contribution is -2.50. The van der Waals surface area contributed by atoms with Crippen LogP contribution in [0.2, 0.25) is 0 Å². The molecule has 0 spiro atoms. The summed E-state index contributed by atoms with van der Waals surface area (Å²) in [6, 6.07) is 4.52. The monoisotopic (exact) mass is 581 g/mol. The molecule has 2 atom stereocenters. The number of hydrogen-bond acceptors (Lipinski definition) is 9. The number of alkyl carbamates (subject to hydrolysis) is 1. The third-order valence-electron chi connectivity index (χ3n) is 7.78. The number of hydrogen-bond donors (Lipinski definition) is 1. The minimum Gasteiger partial charge on any atom is -0.490 e. The van der Waals surface area contributed by atoms with Crippen LogP contribution in [0.15, 0.2) is 30.6 Å². The van der Waals surface area contributed by atoms with Gasteiger partial charge in [0.2, 0.25) is 0 Å². The average Bonchev–Trinajstić information content (AvgIpc) is 3.53. The number of esters is 1. The Labute approximate surface area is 243 Å². The lowest BCUT2D eigenvalue weighted by atomic mass is 9.89. The molecule has 1 amide bonds. The lowest BCUT2D eigenvalue weighted by Gasteiger charge is -2.40. The molecule has 42 heavy (non-hydrogen) atoms. The van der Waals surface area contributed by atoms with Crippen LogP contribution in [0.4, 0.5) is 15.0 Å². The van der Waals surface area contributed by atoms with Gasteiger partial charge in [-0.15, -0.1) is 0 Å².